The number of nitrogen functional groups attached to an aromatic ring is 1. The Hall–Kier alpha value is -2.15. The molecule has 1 fully saturated rings. The van der Waals surface area contributed by atoms with Crippen LogP contribution in [0.25, 0.3) is 10.9 Å². The number of likely N-dealkylation sites (N-methyl/N-ethyl adjacent to an activating group) is 1. The molecule has 118 valence electrons. The van der Waals surface area contributed by atoms with Gasteiger partial charge < -0.3 is 20.3 Å². The highest BCUT2D eigenvalue weighted by atomic mass is 19.1. The van der Waals surface area contributed by atoms with Gasteiger partial charge in [0.1, 0.15) is 24.1 Å². The van der Waals surface area contributed by atoms with Crippen LogP contribution in [0, 0.1) is 0 Å². The summed E-state index contributed by atoms with van der Waals surface area (Å²) in [5, 5.41) is 0.716. The van der Waals surface area contributed by atoms with Gasteiger partial charge in [-0.05, 0) is 26.2 Å². The van der Waals surface area contributed by atoms with E-state index >= 15 is 0 Å². The number of hydrogen-bond acceptors (Lipinski definition) is 6. The van der Waals surface area contributed by atoms with Crippen LogP contribution in [-0.4, -0.2) is 61.4 Å². The molecule has 6 nitrogen and oxygen atoms in total. The van der Waals surface area contributed by atoms with Crippen molar-refractivity contribution in [3.05, 3.63) is 18.5 Å². The molecule has 7 heteroatoms. The third-order valence-corrected chi connectivity index (χ3v) is 4.19. The van der Waals surface area contributed by atoms with Crippen molar-refractivity contribution in [1.82, 2.24) is 14.9 Å². The number of rotatable bonds is 3. The van der Waals surface area contributed by atoms with Gasteiger partial charge in [0.2, 0.25) is 0 Å². The minimum absolute atomic E-state index is 0.161. The summed E-state index contributed by atoms with van der Waals surface area (Å²) in [6.45, 7) is 0.866. The van der Waals surface area contributed by atoms with Gasteiger partial charge in [0, 0.05) is 6.54 Å². The summed E-state index contributed by atoms with van der Waals surface area (Å²) in [4.78, 5) is 12.2. The van der Waals surface area contributed by atoms with Crippen molar-refractivity contribution in [2.45, 2.75) is 12.2 Å². The van der Waals surface area contributed by atoms with Gasteiger partial charge in [0.05, 0.1) is 36.3 Å². The van der Waals surface area contributed by atoms with Crippen LogP contribution in [0.2, 0.25) is 0 Å². The molecule has 1 aliphatic rings. The highest BCUT2D eigenvalue weighted by molar-refractivity contribution is 6.02. The van der Waals surface area contributed by atoms with E-state index in [1.165, 1.54) is 6.33 Å². The van der Waals surface area contributed by atoms with E-state index in [9.17, 15) is 4.39 Å². The van der Waals surface area contributed by atoms with Gasteiger partial charge in [-0.15, -0.1) is 0 Å². The molecular formula is C15H20FN5O. The molecule has 2 atom stereocenters. The van der Waals surface area contributed by atoms with Crippen LogP contribution in [0.4, 0.5) is 15.9 Å². The molecule has 0 saturated carbocycles. The lowest BCUT2D eigenvalue weighted by atomic mass is 10.1. The zero-order valence-corrected chi connectivity index (χ0v) is 13.0. The van der Waals surface area contributed by atoms with Crippen molar-refractivity contribution in [3.8, 4) is 5.75 Å². The molecule has 1 aromatic heterocycles. The fraction of sp³-hybridized carbons (Fsp3) is 0.467. The summed E-state index contributed by atoms with van der Waals surface area (Å²) < 4.78 is 19.8. The van der Waals surface area contributed by atoms with Crippen LogP contribution < -0.4 is 15.4 Å². The fourth-order valence-electron chi connectivity index (χ4n) is 3.03. The van der Waals surface area contributed by atoms with Gasteiger partial charge in [-0.2, -0.15) is 0 Å². The minimum Gasteiger partial charge on any atom is -0.495 e. The molecule has 0 unspecified atom stereocenters. The van der Waals surface area contributed by atoms with Gasteiger partial charge >= 0.3 is 0 Å². The Kier molecular flexibility index (Phi) is 3.74. The summed E-state index contributed by atoms with van der Waals surface area (Å²) in [5.41, 5.74) is 7.54. The highest BCUT2D eigenvalue weighted by Crippen LogP contribution is 2.40. The van der Waals surface area contributed by atoms with E-state index < -0.39 is 6.17 Å². The number of anilines is 2. The van der Waals surface area contributed by atoms with Crippen molar-refractivity contribution in [1.29, 1.82) is 0 Å². The number of hydrogen-bond donors (Lipinski definition) is 1. The quantitative estimate of drug-likeness (QED) is 0.922. The van der Waals surface area contributed by atoms with E-state index in [0.29, 0.717) is 30.0 Å². The molecule has 1 saturated heterocycles. The Balaban J connectivity index is 2.13. The Labute approximate surface area is 128 Å². The van der Waals surface area contributed by atoms with Crippen molar-refractivity contribution in [2.24, 2.45) is 0 Å². The van der Waals surface area contributed by atoms with Gasteiger partial charge in [-0.3, -0.25) is 0 Å². The Bertz CT molecular complexity index is 693. The lowest BCUT2D eigenvalue weighted by Gasteiger charge is -2.24. The van der Waals surface area contributed by atoms with Crippen LogP contribution >= 0.6 is 0 Å². The third kappa shape index (κ3) is 2.31. The van der Waals surface area contributed by atoms with Crippen LogP contribution in [0.3, 0.4) is 0 Å². The summed E-state index contributed by atoms with van der Waals surface area (Å²) in [7, 11) is 5.37. The van der Waals surface area contributed by atoms with Gasteiger partial charge in [-0.1, -0.05) is 0 Å². The largest absolute Gasteiger partial charge is 0.495 e. The second-order valence-electron chi connectivity index (χ2n) is 5.72. The van der Waals surface area contributed by atoms with Crippen LogP contribution in [0.15, 0.2) is 18.5 Å². The van der Waals surface area contributed by atoms with Crippen LogP contribution in [0.1, 0.15) is 0 Å². The summed E-state index contributed by atoms with van der Waals surface area (Å²) in [5.74, 6) is 1.03. The van der Waals surface area contributed by atoms with Crippen molar-refractivity contribution in [2.75, 3.05) is 44.9 Å². The molecule has 1 aliphatic heterocycles. The SMILES string of the molecule is COc1ccc2ncnc(N)c2c1N1C[C@@H](F)[C@H](N(C)C)C1. The topological polar surface area (TPSA) is 67.5 Å². The minimum atomic E-state index is -0.930. The second kappa shape index (κ2) is 5.57. The molecule has 22 heavy (non-hydrogen) atoms. The zero-order valence-electron chi connectivity index (χ0n) is 13.0. The first kappa shape index (κ1) is 14.8. The standard InChI is InChI=1S/C15H20FN5O/c1-20(2)11-7-21(6-9(11)16)14-12(22-3)5-4-10-13(14)15(17)19-8-18-10/h4-5,8-9,11H,6-7H2,1-3H3,(H2,17,18,19)/t9-,11-/m1/s1. The average molecular weight is 305 g/mol. The molecule has 0 amide bonds. The summed E-state index contributed by atoms with van der Waals surface area (Å²) >= 11 is 0. The molecule has 0 spiro atoms. The van der Waals surface area contributed by atoms with Crippen molar-refractivity contribution in [3.63, 3.8) is 0 Å². The summed E-state index contributed by atoms with van der Waals surface area (Å²) in [6.07, 6.45) is 0.499. The number of methoxy groups -OCH3 is 1. The van der Waals surface area contributed by atoms with Gasteiger partial charge in [0.25, 0.3) is 0 Å². The maximum absolute atomic E-state index is 14.3. The van der Waals surface area contributed by atoms with E-state index in [4.69, 9.17) is 10.5 Å². The Morgan fingerprint density at radius 1 is 1.32 bits per heavy atom. The maximum Gasteiger partial charge on any atom is 0.143 e. The zero-order chi connectivity index (χ0) is 15.9. The normalized spacial score (nSPS) is 21.8. The first-order valence-corrected chi connectivity index (χ1v) is 7.15. The molecule has 0 radical (unpaired) electrons. The predicted octanol–water partition coefficient (Wildman–Crippen LogP) is 1.31. The summed E-state index contributed by atoms with van der Waals surface area (Å²) in [6, 6.07) is 3.51. The van der Waals surface area contributed by atoms with E-state index in [-0.39, 0.29) is 6.04 Å². The number of nitrogens with two attached hydrogens (primary N) is 1. The molecule has 0 aliphatic carbocycles. The van der Waals surface area contributed by atoms with Crippen LogP contribution in [0.5, 0.6) is 5.75 Å². The Morgan fingerprint density at radius 3 is 2.73 bits per heavy atom. The number of nitrogens with zero attached hydrogens (tertiary/aromatic N) is 4. The highest BCUT2D eigenvalue weighted by Gasteiger charge is 2.36. The van der Waals surface area contributed by atoms with Crippen molar-refractivity contribution >= 4 is 22.4 Å². The lowest BCUT2D eigenvalue weighted by molar-refractivity contribution is 0.202. The number of benzene rings is 1. The van der Waals surface area contributed by atoms with Gasteiger partial charge in [-0.25, -0.2) is 14.4 Å². The van der Waals surface area contributed by atoms with E-state index in [0.717, 1.165) is 11.2 Å². The number of aromatic nitrogens is 2. The number of alkyl halides is 1. The number of halogens is 1. The third-order valence-electron chi connectivity index (χ3n) is 4.19. The van der Waals surface area contributed by atoms with E-state index in [1.807, 2.05) is 36.0 Å². The second-order valence-corrected chi connectivity index (χ2v) is 5.72. The number of fused-ring (bicyclic) bond motifs is 1. The molecule has 1 aromatic carbocycles. The molecular weight excluding hydrogens is 285 g/mol. The van der Waals surface area contributed by atoms with Crippen LogP contribution in [-0.2, 0) is 0 Å². The lowest BCUT2D eigenvalue weighted by Crippen LogP contribution is -2.36. The van der Waals surface area contributed by atoms with E-state index in [1.54, 1.807) is 7.11 Å². The molecule has 0 bridgehead atoms. The molecule has 2 heterocycles. The molecule has 3 rings (SSSR count). The maximum atomic E-state index is 14.3. The predicted molar refractivity (Wildman–Crippen MR) is 85.1 cm³/mol. The fourth-order valence-corrected chi connectivity index (χ4v) is 3.03. The number of ether oxygens (including phenoxy) is 1. The Morgan fingerprint density at radius 2 is 2.09 bits per heavy atom. The first-order chi connectivity index (χ1) is 10.5. The van der Waals surface area contributed by atoms with Gasteiger partial charge in [0.15, 0.2) is 0 Å². The average Bonchev–Trinajstić information content (AvgIpc) is 2.88. The molecule has 2 N–H and O–H groups in total. The van der Waals surface area contributed by atoms with Crippen molar-refractivity contribution < 1.29 is 9.13 Å². The van der Waals surface area contributed by atoms with E-state index in [2.05, 4.69) is 9.97 Å². The molecule has 2 aromatic rings. The first-order valence-electron chi connectivity index (χ1n) is 7.15. The monoisotopic (exact) mass is 305 g/mol. The smallest absolute Gasteiger partial charge is 0.143 e.